The van der Waals surface area contributed by atoms with Crippen LogP contribution in [0.5, 0.6) is 0 Å². The lowest BCUT2D eigenvalue weighted by Gasteiger charge is -2.42. The van der Waals surface area contributed by atoms with Gasteiger partial charge < -0.3 is 0 Å². The Morgan fingerprint density at radius 2 is 1.74 bits per heavy atom. The molecule has 2 aromatic carbocycles. The summed E-state index contributed by atoms with van der Waals surface area (Å²) in [6, 6.07) is 13.7. The van der Waals surface area contributed by atoms with Crippen LogP contribution in [-0.4, -0.2) is 5.91 Å². The minimum atomic E-state index is 0.0528. The van der Waals surface area contributed by atoms with E-state index in [2.05, 4.69) is 24.8 Å². The maximum Gasteiger partial charge on any atom is 0.260 e. The van der Waals surface area contributed by atoms with Crippen LogP contribution in [0.4, 0.5) is 5.69 Å². The van der Waals surface area contributed by atoms with E-state index in [1.165, 1.54) is 5.56 Å². The molecule has 2 heterocycles. The zero-order valence-electron chi connectivity index (χ0n) is 10.5. The van der Waals surface area contributed by atoms with Crippen molar-refractivity contribution in [1.82, 2.24) is 0 Å². The summed E-state index contributed by atoms with van der Waals surface area (Å²) in [6.07, 6.45) is 0. The maximum absolute atomic E-state index is 12.7. The van der Waals surface area contributed by atoms with Crippen LogP contribution in [0, 0.1) is 11.8 Å². The Hall–Kier alpha value is -2.53. The van der Waals surface area contributed by atoms with E-state index >= 15 is 0 Å². The van der Waals surface area contributed by atoms with Gasteiger partial charge in [0.25, 0.3) is 5.91 Å². The second-order valence-corrected chi connectivity index (χ2v) is 4.89. The molecule has 0 N–H and O–H groups in total. The normalized spacial score (nSPS) is 18.3. The lowest BCUT2D eigenvalue weighted by atomic mass is 9.88. The number of carbonyl (C=O) groups excluding carboxylic acids is 1. The summed E-state index contributed by atoms with van der Waals surface area (Å²) in [7, 11) is 0. The number of rotatable bonds is 0. The van der Waals surface area contributed by atoms with Crippen LogP contribution in [0.25, 0.3) is 0 Å². The molecule has 1 atom stereocenters. The summed E-state index contributed by atoms with van der Waals surface area (Å²) in [5, 5.41) is 0. The second kappa shape index (κ2) is 3.49. The quantitative estimate of drug-likeness (QED) is 0.653. The van der Waals surface area contributed by atoms with E-state index < -0.39 is 0 Å². The van der Waals surface area contributed by atoms with Gasteiger partial charge in [0.05, 0.1) is 17.3 Å². The monoisotopic (exact) mass is 245 g/mol. The van der Waals surface area contributed by atoms with Gasteiger partial charge in [-0.05, 0) is 30.7 Å². The molecule has 0 fully saturated rings. The Bertz CT molecular complexity index is 779. The number of anilines is 1. The molecule has 2 nitrogen and oxygen atoms in total. The van der Waals surface area contributed by atoms with Crippen LogP contribution >= 0.6 is 0 Å². The molecule has 90 valence electrons. The van der Waals surface area contributed by atoms with Crippen molar-refractivity contribution in [2.75, 3.05) is 4.90 Å². The highest BCUT2D eigenvalue weighted by Gasteiger charge is 2.38. The van der Waals surface area contributed by atoms with E-state index in [-0.39, 0.29) is 11.9 Å². The Balaban J connectivity index is 2.05. The van der Waals surface area contributed by atoms with Gasteiger partial charge >= 0.3 is 0 Å². The molecule has 4 rings (SSSR count). The van der Waals surface area contributed by atoms with Gasteiger partial charge in [0.2, 0.25) is 0 Å². The van der Waals surface area contributed by atoms with Crippen LogP contribution in [0.15, 0.2) is 42.5 Å². The van der Waals surface area contributed by atoms with E-state index in [0.717, 1.165) is 16.8 Å². The van der Waals surface area contributed by atoms with Gasteiger partial charge in [0.15, 0.2) is 0 Å². The number of hydrogen-bond donors (Lipinski definition) is 0. The maximum atomic E-state index is 12.7. The summed E-state index contributed by atoms with van der Waals surface area (Å²) in [5.41, 5.74) is 4.64. The predicted molar refractivity (Wildman–Crippen MR) is 74.1 cm³/mol. The number of nitrogens with zero attached hydrogens (tertiary/aromatic N) is 1. The van der Waals surface area contributed by atoms with Crippen LogP contribution in [0.2, 0.25) is 0 Å². The van der Waals surface area contributed by atoms with Crippen molar-refractivity contribution in [3.63, 3.8) is 0 Å². The molecule has 0 spiro atoms. The molecule has 0 aromatic heterocycles. The molecule has 0 radical (unpaired) electrons. The molecular formula is C17H11NO. The zero-order chi connectivity index (χ0) is 13.0. The van der Waals surface area contributed by atoms with Crippen molar-refractivity contribution >= 4 is 11.6 Å². The SMILES string of the molecule is CC1c2cccc3c2N1C(=O)c1ccccc1C#C3. The lowest BCUT2D eigenvalue weighted by molar-refractivity contribution is 0.0970. The number of benzene rings is 2. The van der Waals surface area contributed by atoms with Crippen molar-refractivity contribution in [2.45, 2.75) is 13.0 Å². The molecule has 0 saturated carbocycles. The fourth-order valence-corrected chi connectivity index (χ4v) is 2.86. The Morgan fingerprint density at radius 3 is 2.63 bits per heavy atom. The molecule has 2 aliphatic rings. The van der Waals surface area contributed by atoms with Crippen LogP contribution < -0.4 is 4.90 Å². The van der Waals surface area contributed by atoms with Crippen molar-refractivity contribution < 1.29 is 4.79 Å². The first-order chi connectivity index (χ1) is 9.27. The van der Waals surface area contributed by atoms with Gasteiger partial charge in [-0.3, -0.25) is 9.69 Å². The first-order valence-electron chi connectivity index (χ1n) is 6.35. The summed E-state index contributed by atoms with van der Waals surface area (Å²) in [5.74, 6) is 6.36. The van der Waals surface area contributed by atoms with Gasteiger partial charge in [-0.25, -0.2) is 0 Å². The van der Waals surface area contributed by atoms with Crippen molar-refractivity contribution in [3.05, 3.63) is 64.7 Å². The van der Waals surface area contributed by atoms with E-state index in [1.54, 1.807) is 0 Å². The van der Waals surface area contributed by atoms with E-state index in [4.69, 9.17) is 0 Å². The minimum absolute atomic E-state index is 0.0528. The van der Waals surface area contributed by atoms with Gasteiger partial charge in [-0.15, -0.1) is 0 Å². The Kier molecular flexibility index (Phi) is 1.91. The van der Waals surface area contributed by atoms with Crippen molar-refractivity contribution in [1.29, 1.82) is 0 Å². The van der Waals surface area contributed by atoms with Crippen molar-refractivity contribution in [3.8, 4) is 11.8 Å². The highest BCUT2D eigenvalue weighted by molar-refractivity contribution is 6.12. The third kappa shape index (κ3) is 1.25. The highest BCUT2D eigenvalue weighted by atomic mass is 16.2. The molecule has 1 amide bonds. The van der Waals surface area contributed by atoms with E-state index in [0.29, 0.717) is 5.56 Å². The summed E-state index contributed by atoms with van der Waals surface area (Å²) >= 11 is 0. The fourth-order valence-electron chi connectivity index (χ4n) is 2.86. The number of fused-ring (bicyclic) bond motifs is 1. The third-order valence-electron chi connectivity index (χ3n) is 3.85. The van der Waals surface area contributed by atoms with Crippen LogP contribution in [-0.2, 0) is 0 Å². The Labute approximate surface area is 111 Å². The molecule has 0 bridgehead atoms. The number of amides is 1. The predicted octanol–water partition coefficient (Wildman–Crippen LogP) is 3.12. The largest absolute Gasteiger partial charge is 0.299 e. The summed E-state index contributed by atoms with van der Waals surface area (Å²) in [4.78, 5) is 14.5. The molecule has 2 heteroatoms. The Morgan fingerprint density at radius 1 is 1.00 bits per heavy atom. The zero-order valence-corrected chi connectivity index (χ0v) is 10.5. The second-order valence-electron chi connectivity index (χ2n) is 4.89. The average molecular weight is 245 g/mol. The summed E-state index contributed by atoms with van der Waals surface area (Å²) in [6.45, 7) is 2.06. The van der Waals surface area contributed by atoms with E-state index in [9.17, 15) is 4.79 Å². The van der Waals surface area contributed by atoms with E-state index in [1.807, 2.05) is 41.3 Å². The molecule has 2 aliphatic heterocycles. The molecule has 0 aliphatic carbocycles. The standard InChI is InChI=1S/C17H11NO/c1-11-14-8-4-6-13-10-9-12-5-2-3-7-15(12)17(19)18(11)16(13)14/h2-8,11H,1H3. The minimum Gasteiger partial charge on any atom is -0.299 e. The fraction of sp³-hybridized carbons (Fsp3) is 0.118. The van der Waals surface area contributed by atoms with Gasteiger partial charge in [-0.2, -0.15) is 0 Å². The average Bonchev–Trinajstić information content (AvgIpc) is 2.43. The topological polar surface area (TPSA) is 20.3 Å². The number of para-hydroxylation sites is 1. The smallest absolute Gasteiger partial charge is 0.260 e. The van der Waals surface area contributed by atoms with Crippen molar-refractivity contribution in [2.24, 2.45) is 0 Å². The number of hydrogen-bond acceptors (Lipinski definition) is 1. The summed E-state index contributed by atoms with van der Waals surface area (Å²) < 4.78 is 0. The third-order valence-corrected chi connectivity index (χ3v) is 3.85. The first kappa shape index (κ1) is 10.4. The molecular weight excluding hydrogens is 234 g/mol. The molecule has 19 heavy (non-hydrogen) atoms. The highest BCUT2D eigenvalue weighted by Crippen LogP contribution is 2.46. The van der Waals surface area contributed by atoms with Crippen LogP contribution in [0.1, 0.15) is 40.0 Å². The molecule has 0 saturated heterocycles. The lowest BCUT2D eigenvalue weighted by Crippen LogP contribution is -2.43. The van der Waals surface area contributed by atoms with Gasteiger partial charge in [0, 0.05) is 11.1 Å². The number of carbonyl (C=O) groups is 1. The van der Waals surface area contributed by atoms with Gasteiger partial charge in [0.1, 0.15) is 0 Å². The van der Waals surface area contributed by atoms with Gasteiger partial charge in [-0.1, -0.05) is 36.1 Å². The van der Waals surface area contributed by atoms with Crippen LogP contribution in [0.3, 0.4) is 0 Å². The molecule has 2 aromatic rings. The molecule has 1 unspecified atom stereocenters. The first-order valence-corrected chi connectivity index (χ1v) is 6.35.